The van der Waals surface area contributed by atoms with Crippen LogP contribution in [0.3, 0.4) is 0 Å². The Hall–Kier alpha value is -3.63. The van der Waals surface area contributed by atoms with Gasteiger partial charge in [-0.25, -0.2) is 0 Å². The zero-order valence-corrected chi connectivity index (χ0v) is 25.9. The van der Waals surface area contributed by atoms with Gasteiger partial charge < -0.3 is 28.4 Å². The summed E-state index contributed by atoms with van der Waals surface area (Å²) < 4.78 is 34.4. The Bertz CT molecular complexity index is 1380. The summed E-state index contributed by atoms with van der Waals surface area (Å²) in [5.74, 6) is -0.0850. The highest BCUT2D eigenvalue weighted by molar-refractivity contribution is 6.31. The van der Waals surface area contributed by atoms with Crippen molar-refractivity contribution < 1.29 is 47.6 Å². The van der Waals surface area contributed by atoms with E-state index in [4.69, 9.17) is 40.0 Å². The van der Waals surface area contributed by atoms with Gasteiger partial charge in [0.05, 0.1) is 6.10 Å². The largest absolute Gasteiger partial charge is 0.490 e. The lowest BCUT2D eigenvalue weighted by atomic mass is 9.89. The first-order valence-electron chi connectivity index (χ1n) is 14.8. The molecule has 2 aliphatic carbocycles. The molecule has 0 unspecified atom stereocenters. The normalized spacial score (nSPS) is 28.8. The Morgan fingerprint density at radius 2 is 1.39 bits per heavy atom. The highest BCUT2D eigenvalue weighted by atomic mass is 35.5. The van der Waals surface area contributed by atoms with Crippen LogP contribution in [0.1, 0.15) is 69.8 Å². The van der Waals surface area contributed by atoms with E-state index in [0.29, 0.717) is 17.0 Å². The average molecular weight is 629 g/mol. The number of fused-ring (bicyclic) bond motifs is 1. The number of halogens is 1. The van der Waals surface area contributed by atoms with E-state index >= 15 is 0 Å². The molecule has 0 amide bonds. The van der Waals surface area contributed by atoms with E-state index < -0.39 is 54.4 Å². The van der Waals surface area contributed by atoms with Crippen molar-refractivity contribution in [3.8, 4) is 5.75 Å². The molecule has 2 aromatic carbocycles. The maximum absolute atomic E-state index is 12.2. The van der Waals surface area contributed by atoms with Crippen LogP contribution in [-0.2, 0) is 49.3 Å². The van der Waals surface area contributed by atoms with Gasteiger partial charge in [-0.05, 0) is 72.4 Å². The molecular weight excluding hydrogens is 592 g/mol. The SMILES string of the molecule is CC(=O)OC[C@H]1O[C@H](c2ccc(Cl)c(Cc3ccc(O[C@H]4C[C@@H]5C[C@@H]5C4)cc3)c2)[C@H](OC(C)=O)[C@@H](OC(C)=O)[C@@H]1OC(C)=O. The molecule has 5 rings (SSSR count). The predicted octanol–water partition coefficient (Wildman–Crippen LogP) is 4.91. The molecule has 0 aromatic heterocycles. The van der Waals surface area contributed by atoms with Crippen molar-refractivity contribution in [1.82, 2.24) is 0 Å². The highest BCUT2D eigenvalue weighted by Gasteiger charge is 2.52. The zero-order valence-electron chi connectivity index (χ0n) is 25.2. The molecule has 1 heterocycles. The number of hydrogen-bond donors (Lipinski definition) is 0. The standard InChI is InChI=1S/C33H37ClO10/c1-17(35)39-16-29-31(40-18(2)36)33(42-20(4)38)32(41-19(3)37)30(44-29)22-7-10-28(34)25(12-22)11-21-5-8-26(9-6-21)43-27-14-23-13-24(23)15-27/h5-10,12,23-24,27,29-33H,11,13-16H2,1-4H3/t23-,24+,27-,29-,30-,31-,32+,33+/m1/s1. The lowest BCUT2D eigenvalue weighted by Gasteiger charge is -2.44. The van der Waals surface area contributed by atoms with E-state index in [0.717, 1.165) is 41.6 Å². The molecular formula is C33H37ClO10. The molecule has 1 saturated heterocycles. The molecule has 2 saturated carbocycles. The van der Waals surface area contributed by atoms with Crippen LogP contribution < -0.4 is 4.74 Å². The van der Waals surface area contributed by atoms with Gasteiger partial charge in [-0.1, -0.05) is 35.9 Å². The van der Waals surface area contributed by atoms with Gasteiger partial charge >= 0.3 is 23.9 Å². The first-order chi connectivity index (χ1) is 21.0. The monoisotopic (exact) mass is 628 g/mol. The Morgan fingerprint density at radius 3 is 2.00 bits per heavy atom. The van der Waals surface area contributed by atoms with Gasteiger partial charge in [0, 0.05) is 32.7 Å². The Balaban J connectivity index is 1.41. The molecule has 0 spiro atoms. The topological polar surface area (TPSA) is 124 Å². The minimum atomic E-state index is -1.25. The Kier molecular flexibility index (Phi) is 9.80. The number of rotatable bonds is 10. The van der Waals surface area contributed by atoms with E-state index in [9.17, 15) is 19.2 Å². The van der Waals surface area contributed by atoms with Crippen molar-refractivity contribution in [2.45, 2.75) is 90.0 Å². The van der Waals surface area contributed by atoms with Gasteiger partial charge in [-0.3, -0.25) is 19.2 Å². The molecule has 11 heteroatoms. The zero-order chi connectivity index (χ0) is 31.5. The summed E-state index contributed by atoms with van der Waals surface area (Å²) in [7, 11) is 0. The summed E-state index contributed by atoms with van der Waals surface area (Å²) in [6, 6.07) is 13.2. The van der Waals surface area contributed by atoms with Gasteiger partial charge in [-0.2, -0.15) is 0 Å². The number of esters is 4. The third kappa shape index (κ3) is 7.90. The van der Waals surface area contributed by atoms with E-state index in [2.05, 4.69) is 0 Å². The summed E-state index contributed by atoms with van der Waals surface area (Å²) in [4.78, 5) is 48.1. The lowest BCUT2D eigenvalue weighted by Crippen LogP contribution is -2.59. The summed E-state index contributed by atoms with van der Waals surface area (Å²) in [6.07, 6.45) is -1.31. The van der Waals surface area contributed by atoms with E-state index in [1.54, 1.807) is 12.1 Å². The van der Waals surface area contributed by atoms with Crippen molar-refractivity contribution in [3.05, 3.63) is 64.2 Å². The number of benzene rings is 2. The van der Waals surface area contributed by atoms with E-state index in [1.807, 2.05) is 30.3 Å². The Labute approximate surface area is 261 Å². The molecule has 236 valence electrons. The highest BCUT2D eigenvalue weighted by Crippen LogP contribution is 2.52. The maximum Gasteiger partial charge on any atom is 0.303 e. The molecule has 1 aliphatic heterocycles. The smallest absolute Gasteiger partial charge is 0.303 e. The van der Waals surface area contributed by atoms with Crippen LogP contribution in [0, 0.1) is 11.8 Å². The van der Waals surface area contributed by atoms with Crippen LogP contribution in [0.5, 0.6) is 5.75 Å². The number of carbonyl (C=O) groups excluding carboxylic acids is 4. The first kappa shape index (κ1) is 31.8. The fourth-order valence-electron chi connectivity index (χ4n) is 6.26. The third-order valence-electron chi connectivity index (χ3n) is 8.21. The van der Waals surface area contributed by atoms with Crippen molar-refractivity contribution in [2.75, 3.05) is 6.61 Å². The van der Waals surface area contributed by atoms with Gasteiger partial charge in [0.25, 0.3) is 0 Å². The molecule has 0 bridgehead atoms. The molecule has 0 N–H and O–H groups in total. The second-order valence-electron chi connectivity index (χ2n) is 11.8. The molecule has 8 atom stereocenters. The molecule has 3 aliphatic rings. The van der Waals surface area contributed by atoms with Gasteiger partial charge in [0.1, 0.15) is 24.6 Å². The van der Waals surface area contributed by atoms with Crippen LogP contribution in [0.4, 0.5) is 0 Å². The average Bonchev–Trinajstić information content (AvgIpc) is 3.56. The minimum absolute atomic E-state index is 0.289. The summed E-state index contributed by atoms with van der Waals surface area (Å²) >= 11 is 6.62. The van der Waals surface area contributed by atoms with Crippen LogP contribution in [0.25, 0.3) is 0 Å². The minimum Gasteiger partial charge on any atom is -0.490 e. The maximum atomic E-state index is 12.2. The van der Waals surface area contributed by atoms with E-state index in [-0.39, 0.29) is 12.7 Å². The summed E-state index contributed by atoms with van der Waals surface area (Å²) in [6.45, 7) is 4.51. The van der Waals surface area contributed by atoms with Crippen LogP contribution in [-0.4, -0.2) is 61.0 Å². The summed E-state index contributed by atoms with van der Waals surface area (Å²) in [5, 5.41) is 0.518. The van der Waals surface area contributed by atoms with Gasteiger partial charge in [-0.15, -0.1) is 0 Å². The lowest BCUT2D eigenvalue weighted by molar-refractivity contribution is -0.254. The van der Waals surface area contributed by atoms with Crippen LogP contribution in [0.15, 0.2) is 42.5 Å². The van der Waals surface area contributed by atoms with Crippen LogP contribution in [0.2, 0.25) is 5.02 Å². The summed E-state index contributed by atoms with van der Waals surface area (Å²) in [5.41, 5.74) is 2.36. The second kappa shape index (κ2) is 13.6. The van der Waals surface area contributed by atoms with Crippen molar-refractivity contribution >= 4 is 35.5 Å². The molecule has 0 radical (unpaired) electrons. The number of hydrogen-bond acceptors (Lipinski definition) is 10. The van der Waals surface area contributed by atoms with Crippen molar-refractivity contribution in [3.63, 3.8) is 0 Å². The van der Waals surface area contributed by atoms with Crippen LogP contribution >= 0.6 is 11.6 Å². The van der Waals surface area contributed by atoms with Gasteiger partial charge in [0.2, 0.25) is 0 Å². The molecule has 44 heavy (non-hydrogen) atoms. The predicted molar refractivity (Wildman–Crippen MR) is 157 cm³/mol. The number of carbonyl (C=O) groups is 4. The van der Waals surface area contributed by atoms with Crippen molar-refractivity contribution in [1.29, 1.82) is 0 Å². The fourth-order valence-corrected chi connectivity index (χ4v) is 6.44. The number of ether oxygens (including phenoxy) is 6. The van der Waals surface area contributed by atoms with E-state index in [1.165, 1.54) is 34.1 Å². The van der Waals surface area contributed by atoms with Crippen molar-refractivity contribution in [2.24, 2.45) is 11.8 Å². The first-order valence-corrected chi connectivity index (χ1v) is 15.2. The van der Waals surface area contributed by atoms with Gasteiger partial charge in [0.15, 0.2) is 18.3 Å². The third-order valence-corrected chi connectivity index (χ3v) is 8.58. The molecule has 3 fully saturated rings. The molecule has 10 nitrogen and oxygen atoms in total. The molecule has 2 aromatic rings. The second-order valence-corrected chi connectivity index (χ2v) is 12.2. The fraction of sp³-hybridized carbons (Fsp3) is 0.515. The Morgan fingerprint density at radius 1 is 0.773 bits per heavy atom. The quantitative estimate of drug-likeness (QED) is 0.265.